The molecule has 3 amide bonds. The number of carbonyl (C=O) groups is 2. The topological polar surface area (TPSA) is 90.5 Å². The first-order chi connectivity index (χ1) is 14.9. The molecule has 3 aromatic rings. The van der Waals surface area contributed by atoms with Crippen molar-refractivity contribution in [2.24, 2.45) is 0 Å². The molecule has 0 heterocycles. The molecule has 0 aromatic heterocycles. The molecule has 0 fully saturated rings. The molecule has 0 aliphatic heterocycles. The zero-order valence-electron chi connectivity index (χ0n) is 17.7. The summed E-state index contributed by atoms with van der Waals surface area (Å²) < 4.78 is 0. The Labute approximate surface area is 182 Å². The third-order valence-corrected chi connectivity index (χ3v) is 4.87. The molecule has 1 atom stereocenters. The third kappa shape index (κ3) is 6.69. The lowest BCUT2D eigenvalue weighted by molar-refractivity contribution is 0.102. The van der Waals surface area contributed by atoms with E-state index in [-0.39, 0.29) is 11.9 Å². The second kappa shape index (κ2) is 10.4. The van der Waals surface area contributed by atoms with Gasteiger partial charge >= 0.3 is 6.03 Å². The second-order valence-corrected chi connectivity index (χ2v) is 7.47. The predicted molar refractivity (Wildman–Crippen MR) is 122 cm³/mol. The van der Waals surface area contributed by atoms with Crippen molar-refractivity contribution in [2.75, 3.05) is 5.32 Å². The largest absolute Gasteiger partial charge is 0.389 e. The van der Waals surface area contributed by atoms with Crippen molar-refractivity contribution < 1.29 is 14.7 Å². The average molecular weight is 418 g/mol. The third-order valence-electron chi connectivity index (χ3n) is 4.87. The highest BCUT2D eigenvalue weighted by Gasteiger charge is 2.07. The summed E-state index contributed by atoms with van der Waals surface area (Å²) in [6, 6.07) is 21.9. The summed E-state index contributed by atoms with van der Waals surface area (Å²) in [6.45, 7) is 4.41. The smallest absolute Gasteiger partial charge is 0.315 e. The SMILES string of the molecule is Cc1ccc(C(=O)Nc2cccc(CNC(=O)NCc3ccc([C@@H](C)O)cc3)c2)cc1. The quantitative estimate of drug-likeness (QED) is 0.462. The molecule has 0 saturated heterocycles. The van der Waals surface area contributed by atoms with Crippen molar-refractivity contribution in [1.29, 1.82) is 0 Å². The van der Waals surface area contributed by atoms with Crippen molar-refractivity contribution >= 4 is 17.6 Å². The maximum absolute atomic E-state index is 12.4. The molecule has 0 spiro atoms. The summed E-state index contributed by atoms with van der Waals surface area (Å²) in [5.74, 6) is -0.176. The first kappa shape index (κ1) is 22.1. The van der Waals surface area contributed by atoms with E-state index < -0.39 is 6.10 Å². The number of aryl methyl sites for hydroxylation is 1. The van der Waals surface area contributed by atoms with E-state index in [9.17, 15) is 14.7 Å². The standard InChI is InChI=1S/C25H27N3O3/c1-17-6-10-22(11-7-17)24(30)28-23-5-3-4-20(14-23)16-27-25(31)26-15-19-8-12-21(13-9-19)18(2)29/h3-14,18,29H,15-16H2,1-2H3,(H,28,30)(H2,26,27,31)/t18-/m1/s1. The van der Waals surface area contributed by atoms with Gasteiger partial charge in [-0.1, -0.05) is 54.1 Å². The van der Waals surface area contributed by atoms with Gasteiger partial charge in [-0.15, -0.1) is 0 Å². The average Bonchev–Trinajstić information content (AvgIpc) is 2.77. The van der Waals surface area contributed by atoms with Gasteiger partial charge in [0.15, 0.2) is 0 Å². The molecule has 3 aromatic carbocycles. The van der Waals surface area contributed by atoms with Crippen LogP contribution in [0.1, 0.15) is 45.6 Å². The van der Waals surface area contributed by atoms with Crippen LogP contribution in [0.25, 0.3) is 0 Å². The summed E-state index contributed by atoms with van der Waals surface area (Å²) >= 11 is 0. The number of aliphatic hydroxyl groups is 1. The first-order valence-electron chi connectivity index (χ1n) is 10.2. The highest BCUT2D eigenvalue weighted by atomic mass is 16.3. The van der Waals surface area contributed by atoms with Crippen molar-refractivity contribution in [2.45, 2.75) is 33.0 Å². The molecule has 0 aliphatic carbocycles. The van der Waals surface area contributed by atoms with Crippen LogP contribution in [0.5, 0.6) is 0 Å². The second-order valence-electron chi connectivity index (χ2n) is 7.47. The zero-order valence-corrected chi connectivity index (χ0v) is 17.7. The maximum atomic E-state index is 12.4. The zero-order chi connectivity index (χ0) is 22.2. The first-order valence-corrected chi connectivity index (χ1v) is 10.2. The summed E-state index contributed by atoms with van der Waals surface area (Å²) in [7, 11) is 0. The minimum atomic E-state index is -0.511. The molecule has 31 heavy (non-hydrogen) atoms. The highest BCUT2D eigenvalue weighted by molar-refractivity contribution is 6.04. The van der Waals surface area contributed by atoms with Gasteiger partial charge in [0.05, 0.1) is 6.10 Å². The number of anilines is 1. The van der Waals surface area contributed by atoms with Crippen LogP contribution in [-0.4, -0.2) is 17.0 Å². The van der Waals surface area contributed by atoms with E-state index in [2.05, 4.69) is 16.0 Å². The van der Waals surface area contributed by atoms with Gasteiger partial charge in [0.2, 0.25) is 0 Å². The van der Waals surface area contributed by atoms with E-state index in [1.54, 1.807) is 19.1 Å². The van der Waals surface area contributed by atoms with Crippen molar-refractivity contribution in [3.05, 3.63) is 101 Å². The Morgan fingerprint density at radius 1 is 0.871 bits per heavy atom. The van der Waals surface area contributed by atoms with Crippen LogP contribution in [0.15, 0.2) is 72.8 Å². The Bertz CT molecular complexity index is 1030. The van der Waals surface area contributed by atoms with Crippen LogP contribution >= 0.6 is 0 Å². The van der Waals surface area contributed by atoms with Crippen LogP contribution in [-0.2, 0) is 13.1 Å². The van der Waals surface area contributed by atoms with Gasteiger partial charge in [-0.2, -0.15) is 0 Å². The molecule has 3 rings (SSSR count). The Morgan fingerprint density at radius 2 is 1.52 bits per heavy atom. The van der Waals surface area contributed by atoms with Crippen LogP contribution < -0.4 is 16.0 Å². The highest BCUT2D eigenvalue weighted by Crippen LogP contribution is 2.14. The van der Waals surface area contributed by atoms with E-state index in [0.717, 1.165) is 22.3 Å². The number of amides is 3. The molecule has 4 N–H and O–H groups in total. The number of hydrogen-bond donors (Lipinski definition) is 4. The predicted octanol–water partition coefficient (Wildman–Crippen LogP) is 4.30. The Morgan fingerprint density at radius 3 is 2.16 bits per heavy atom. The number of aliphatic hydroxyl groups excluding tert-OH is 1. The molecule has 6 heteroatoms. The van der Waals surface area contributed by atoms with Gasteiger partial charge in [-0.3, -0.25) is 4.79 Å². The summed E-state index contributed by atoms with van der Waals surface area (Å²) in [5.41, 5.74) is 5.01. The summed E-state index contributed by atoms with van der Waals surface area (Å²) in [4.78, 5) is 24.5. The Kier molecular flexibility index (Phi) is 7.40. The minimum Gasteiger partial charge on any atom is -0.389 e. The fourth-order valence-electron chi connectivity index (χ4n) is 3.01. The van der Waals surface area contributed by atoms with Crippen LogP contribution in [0.2, 0.25) is 0 Å². The van der Waals surface area contributed by atoms with Crippen molar-refractivity contribution in [3.63, 3.8) is 0 Å². The molecule has 0 saturated carbocycles. The number of nitrogens with one attached hydrogen (secondary N) is 3. The summed E-state index contributed by atoms with van der Waals surface area (Å²) in [6.07, 6.45) is -0.511. The number of hydrogen-bond acceptors (Lipinski definition) is 3. The van der Waals surface area contributed by atoms with Gasteiger partial charge in [0, 0.05) is 24.3 Å². The normalized spacial score (nSPS) is 11.5. The van der Waals surface area contributed by atoms with E-state index in [0.29, 0.717) is 24.3 Å². The van der Waals surface area contributed by atoms with Crippen LogP contribution in [0.3, 0.4) is 0 Å². The molecule has 0 unspecified atom stereocenters. The number of urea groups is 1. The molecule has 0 aliphatic rings. The lowest BCUT2D eigenvalue weighted by atomic mass is 10.1. The van der Waals surface area contributed by atoms with Gasteiger partial charge < -0.3 is 21.1 Å². The number of carbonyl (C=O) groups excluding carboxylic acids is 2. The molecular weight excluding hydrogens is 390 g/mol. The van der Waals surface area contributed by atoms with E-state index >= 15 is 0 Å². The minimum absolute atomic E-state index is 0.176. The fraction of sp³-hybridized carbons (Fsp3) is 0.200. The van der Waals surface area contributed by atoms with Gasteiger partial charge in [0.1, 0.15) is 0 Å². The van der Waals surface area contributed by atoms with E-state index in [1.165, 1.54) is 0 Å². The van der Waals surface area contributed by atoms with E-state index in [1.807, 2.05) is 67.6 Å². The number of rotatable bonds is 7. The maximum Gasteiger partial charge on any atom is 0.315 e. The Hall–Kier alpha value is -3.64. The number of benzene rings is 3. The van der Waals surface area contributed by atoms with Gasteiger partial charge in [0.25, 0.3) is 5.91 Å². The van der Waals surface area contributed by atoms with Crippen molar-refractivity contribution in [1.82, 2.24) is 10.6 Å². The van der Waals surface area contributed by atoms with Gasteiger partial charge in [-0.25, -0.2) is 4.79 Å². The lowest BCUT2D eigenvalue weighted by Crippen LogP contribution is -2.34. The Balaban J connectivity index is 1.48. The molecule has 160 valence electrons. The molecular formula is C25H27N3O3. The molecule has 0 bridgehead atoms. The van der Waals surface area contributed by atoms with Crippen LogP contribution in [0.4, 0.5) is 10.5 Å². The fourth-order valence-corrected chi connectivity index (χ4v) is 3.01. The van der Waals surface area contributed by atoms with E-state index in [4.69, 9.17) is 0 Å². The monoisotopic (exact) mass is 417 g/mol. The van der Waals surface area contributed by atoms with Crippen molar-refractivity contribution in [3.8, 4) is 0 Å². The van der Waals surface area contributed by atoms with Gasteiger partial charge in [-0.05, 0) is 54.8 Å². The molecule has 0 radical (unpaired) electrons. The molecule has 6 nitrogen and oxygen atoms in total. The lowest BCUT2D eigenvalue weighted by Gasteiger charge is -2.11. The summed E-state index contributed by atoms with van der Waals surface area (Å²) in [5, 5.41) is 18.0. The van der Waals surface area contributed by atoms with Crippen LogP contribution in [0, 0.1) is 6.92 Å².